The van der Waals surface area contributed by atoms with E-state index in [1.165, 1.54) is 24.4 Å². The zero-order valence-electron chi connectivity index (χ0n) is 18.4. The number of nitrogens with one attached hydrogen (secondary N) is 3. The lowest BCUT2D eigenvalue weighted by atomic mass is 9.86. The third kappa shape index (κ3) is 7.48. The summed E-state index contributed by atoms with van der Waals surface area (Å²) in [4.78, 5) is 19.8. The molecule has 34 heavy (non-hydrogen) atoms. The highest BCUT2D eigenvalue weighted by molar-refractivity contribution is 5.78. The van der Waals surface area contributed by atoms with Crippen molar-refractivity contribution in [3.8, 4) is 11.8 Å². The lowest BCUT2D eigenvalue weighted by Gasteiger charge is -2.29. The van der Waals surface area contributed by atoms with Crippen molar-refractivity contribution in [1.29, 1.82) is 5.26 Å². The van der Waals surface area contributed by atoms with E-state index in [0.717, 1.165) is 25.7 Å². The van der Waals surface area contributed by atoms with Gasteiger partial charge in [-0.15, -0.1) is 13.2 Å². The van der Waals surface area contributed by atoms with E-state index in [0.29, 0.717) is 18.3 Å². The highest BCUT2D eigenvalue weighted by atomic mass is 19.4. The Morgan fingerprint density at radius 3 is 2.62 bits per heavy atom. The molecular formula is C22H26F3N7O2. The van der Waals surface area contributed by atoms with Gasteiger partial charge in [0, 0.05) is 24.7 Å². The van der Waals surface area contributed by atoms with Crippen molar-refractivity contribution in [2.24, 2.45) is 11.7 Å². The van der Waals surface area contributed by atoms with Crippen molar-refractivity contribution in [1.82, 2.24) is 15.3 Å². The average Bonchev–Trinajstić information content (AvgIpc) is 2.82. The van der Waals surface area contributed by atoms with E-state index >= 15 is 0 Å². The lowest BCUT2D eigenvalue weighted by Crippen LogP contribution is -2.41. The number of nitrogens with zero attached hydrogens (tertiary/aromatic N) is 3. The number of benzene rings is 1. The van der Waals surface area contributed by atoms with Gasteiger partial charge in [0.25, 0.3) is 0 Å². The quantitative estimate of drug-likeness (QED) is 0.433. The number of anilines is 2. The summed E-state index contributed by atoms with van der Waals surface area (Å²) >= 11 is 0. The molecule has 0 radical (unpaired) electrons. The number of halogens is 3. The third-order valence-corrected chi connectivity index (χ3v) is 5.50. The van der Waals surface area contributed by atoms with Crippen molar-refractivity contribution in [2.45, 2.75) is 44.6 Å². The van der Waals surface area contributed by atoms with Gasteiger partial charge >= 0.3 is 6.36 Å². The van der Waals surface area contributed by atoms with Gasteiger partial charge in [-0.2, -0.15) is 10.2 Å². The smallest absolute Gasteiger partial charge is 0.405 e. The van der Waals surface area contributed by atoms with Crippen LogP contribution in [0.3, 0.4) is 0 Å². The van der Waals surface area contributed by atoms with Crippen LogP contribution in [0, 0.1) is 17.2 Å². The number of nitrogens with two attached hydrogens (primary N) is 1. The fourth-order valence-corrected chi connectivity index (χ4v) is 3.77. The Morgan fingerprint density at radius 2 is 1.94 bits per heavy atom. The van der Waals surface area contributed by atoms with E-state index in [4.69, 9.17) is 5.73 Å². The van der Waals surface area contributed by atoms with Crippen LogP contribution in [0.4, 0.5) is 24.9 Å². The second-order valence-corrected chi connectivity index (χ2v) is 7.95. The number of hydrogen-bond acceptors (Lipinski definition) is 8. The number of nitriles is 1. The van der Waals surface area contributed by atoms with Gasteiger partial charge in [-0.05, 0) is 37.7 Å². The maximum Gasteiger partial charge on any atom is 0.573 e. The van der Waals surface area contributed by atoms with Crippen molar-refractivity contribution < 1.29 is 22.7 Å². The fourth-order valence-electron chi connectivity index (χ4n) is 3.77. The standard InChI is InChI=1S/C22H26F3N7O2/c23-22(24,25)34-18-4-2-1-3-15(18)12-29-21-30-13-16(9-26)20(32-21)28-11-14-5-7-17(8-6-14)31-19(33)10-27/h1-4,13-14,17H,5-8,10-12,27H2,(H,31,33)(H2,28,29,30,32). The maximum absolute atomic E-state index is 12.6. The number of carbonyl (C=O) groups is 1. The number of aromatic nitrogens is 2. The molecule has 1 heterocycles. The van der Waals surface area contributed by atoms with Gasteiger partial charge in [0.2, 0.25) is 11.9 Å². The largest absolute Gasteiger partial charge is 0.573 e. The van der Waals surface area contributed by atoms with Gasteiger partial charge in [-0.1, -0.05) is 18.2 Å². The number of rotatable bonds is 9. The molecule has 9 nitrogen and oxygen atoms in total. The molecule has 0 saturated heterocycles. The summed E-state index contributed by atoms with van der Waals surface area (Å²) in [6.07, 6.45) is 0.0495. The van der Waals surface area contributed by atoms with Crippen LogP contribution >= 0.6 is 0 Å². The highest BCUT2D eigenvalue weighted by Gasteiger charge is 2.32. The molecular weight excluding hydrogens is 451 g/mol. The first-order valence-corrected chi connectivity index (χ1v) is 10.9. The number of para-hydroxylation sites is 1. The minimum Gasteiger partial charge on any atom is -0.405 e. The monoisotopic (exact) mass is 477 g/mol. The molecule has 0 aliphatic heterocycles. The van der Waals surface area contributed by atoms with Crippen LogP contribution in [0.15, 0.2) is 30.5 Å². The summed E-state index contributed by atoms with van der Waals surface area (Å²) in [7, 11) is 0. The summed E-state index contributed by atoms with van der Waals surface area (Å²) in [6, 6.07) is 7.94. The normalized spacial score (nSPS) is 18.0. The van der Waals surface area contributed by atoms with Crippen molar-refractivity contribution in [3.63, 3.8) is 0 Å². The lowest BCUT2D eigenvalue weighted by molar-refractivity contribution is -0.274. The molecule has 2 aromatic rings. The minimum absolute atomic E-state index is 0.00384. The molecule has 1 saturated carbocycles. The van der Waals surface area contributed by atoms with E-state index in [9.17, 15) is 23.2 Å². The fraction of sp³-hybridized carbons (Fsp3) is 0.455. The van der Waals surface area contributed by atoms with Gasteiger partial charge in [0.1, 0.15) is 23.2 Å². The Morgan fingerprint density at radius 1 is 1.21 bits per heavy atom. The zero-order chi connectivity index (χ0) is 24.6. The minimum atomic E-state index is -4.80. The first-order chi connectivity index (χ1) is 16.3. The van der Waals surface area contributed by atoms with Gasteiger partial charge in [0.05, 0.1) is 12.7 Å². The molecule has 5 N–H and O–H groups in total. The Labute approximate surface area is 194 Å². The van der Waals surface area contributed by atoms with Gasteiger partial charge in [-0.3, -0.25) is 4.79 Å². The molecule has 12 heteroatoms. The van der Waals surface area contributed by atoms with Crippen LogP contribution in [-0.4, -0.2) is 41.4 Å². The number of alkyl halides is 3. The summed E-state index contributed by atoms with van der Waals surface area (Å²) < 4.78 is 41.9. The van der Waals surface area contributed by atoms with Gasteiger partial charge < -0.3 is 26.4 Å². The van der Waals surface area contributed by atoms with E-state index in [-0.39, 0.29) is 47.9 Å². The van der Waals surface area contributed by atoms with Crippen LogP contribution in [0.5, 0.6) is 5.75 Å². The molecule has 1 aromatic heterocycles. The molecule has 0 unspecified atom stereocenters. The Kier molecular flexibility index (Phi) is 8.48. The Bertz CT molecular complexity index is 1020. The van der Waals surface area contributed by atoms with E-state index in [1.807, 2.05) is 6.07 Å². The summed E-state index contributed by atoms with van der Waals surface area (Å²) in [5, 5.41) is 18.3. The van der Waals surface area contributed by atoms with Crippen LogP contribution in [0.2, 0.25) is 0 Å². The first-order valence-electron chi connectivity index (χ1n) is 10.9. The molecule has 182 valence electrons. The molecule has 1 aliphatic rings. The van der Waals surface area contributed by atoms with Gasteiger partial charge in [0.15, 0.2) is 0 Å². The number of carbonyl (C=O) groups excluding carboxylic acids is 1. The SMILES string of the molecule is N#Cc1cnc(NCc2ccccc2OC(F)(F)F)nc1NCC1CCC(NC(=O)CN)CC1. The van der Waals surface area contributed by atoms with Crippen molar-refractivity contribution in [3.05, 3.63) is 41.6 Å². The maximum atomic E-state index is 12.6. The number of hydrogen-bond donors (Lipinski definition) is 4. The average molecular weight is 477 g/mol. The second kappa shape index (κ2) is 11.5. The van der Waals surface area contributed by atoms with Crippen LogP contribution in [0.25, 0.3) is 0 Å². The van der Waals surface area contributed by atoms with E-state index < -0.39 is 6.36 Å². The van der Waals surface area contributed by atoms with Crippen LogP contribution < -0.4 is 26.4 Å². The molecule has 1 amide bonds. The topological polar surface area (TPSA) is 138 Å². The third-order valence-electron chi connectivity index (χ3n) is 5.50. The molecule has 0 atom stereocenters. The molecule has 1 aliphatic carbocycles. The second-order valence-electron chi connectivity index (χ2n) is 7.95. The van der Waals surface area contributed by atoms with E-state index in [2.05, 4.69) is 30.7 Å². The zero-order valence-corrected chi connectivity index (χ0v) is 18.4. The molecule has 1 aromatic carbocycles. The molecule has 0 bridgehead atoms. The molecule has 0 spiro atoms. The van der Waals surface area contributed by atoms with Crippen LogP contribution in [0.1, 0.15) is 36.8 Å². The number of ether oxygens (including phenoxy) is 1. The highest BCUT2D eigenvalue weighted by Crippen LogP contribution is 2.27. The van der Waals surface area contributed by atoms with Crippen molar-refractivity contribution in [2.75, 3.05) is 23.7 Å². The first kappa shape index (κ1) is 25.0. The van der Waals surface area contributed by atoms with Gasteiger partial charge in [-0.25, -0.2) is 4.98 Å². The summed E-state index contributed by atoms with van der Waals surface area (Å²) in [5.74, 6) is 0.381. The number of amides is 1. The molecule has 1 fully saturated rings. The summed E-state index contributed by atoms with van der Waals surface area (Å²) in [6.45, 7) is 0.560. The van der Waals surface area contributed by atoms with Crippen molar-refractivity contribution >= 4 is 17.7 Å². The summed E-state index contributed by atoms with van der Waals surface area (Å²) in [5.41, 5.74) is 5.88. The van der Waals surface area contributed by atoms with E-state index in [1.54, 1.807) is 6.07 Å². The predicted molar refractivity (Wildman–Crippen MR) is 119 cm³/mol. The van der Waals surface area contributed by atoms with Crippen LogP contribution in [-0.2, 0) is 11.3 Å². The predicted octanol–water partition coefficient (Wildman–Crippen LogP) is 2.90. The Hall–Kier alpha value is -3.59. The molecule has 3 rings (SSSR count). The Balaban J connectivity index is 1.57.